The smallest absolute Gasteiger partial charge is 0.257 e. The van der Waals surface area contributed by atoms with Crippen LogP contribution in [0.3, 0.4) is 0 Å². The van der Waals surface area contributed by atoms with Gasteiger partial charge in [-0.15, -0.1) is 0 Å². The van der Waals surface area contributed by atoms with Crippen molar-refractivity contribution in [2.24, 2.45) is 0 Å². The Balaban J connectivity index is 1.76. The van der Waals surface area contributed by atoms with Gasteiger partial charge in [-0.1, -0.05) is 19.1 Å². The molecule has 1 N–H and O–H groups in total. The molecule has 0 radical (unpaired) electrons. The van der Waals surface area contributed by atoms with Crippen molar-refractivity contribution in [3.8, 4) is 11.5 Å². The molecule has 2 heterocycles. The second-order valence-corrected chi connectivity index (χ2v) is 8.72. The fourth-order valence-corrected chi connectivity index (χ4v) is 3.49. The van der Waals surface area contributed by atoms with Gasteiger partial charge < -0.3 is 24.4 Å². The van der Waals surface area contributed by atoms with Crippen LogP contribution in [0.5, 0.6) is 11.5 Å². The Morgan fingerprint density at radius 1 is 1.38 bits per heavy atom. The minimum absolute atomic E-state index is 0.169. The van der Waals surface area contributed by atoms with Crippen LogP contribution in [0.4, 0.5) is 5.82 Å². The van der Waals surface area contributed by atoms with E-state index in [1.807, 2.05) is 38.1 Å². The summed E-state index contributed by atoms with van der Waals surface area (Å²) >= 11 is 0. The lowest BCUT2D eigenvalue weighted by atomic mass is 10.0. The molecule has 8 heteroatoms. The Bertz CT molecular complexity index is 1080. The first-order valence-corrected chi connectivity index (χ1v) is 11.4. The summed E-state index contributed by atoms with van der Waals surface area (Å²) in [6.07, 6.45) is 5.69. The molecule has 1 atom stereocenters. The average Bonchev–Trinajstić information content (AvgIpc) is 2.95. The predicted molar refractivity (Wildman–Crippen MR) is 131 cm³/mol. The fraction of sp³-hybridized carbons (Fsp3) is 0.423. The lowest BCUT2D eigenvalue weighted by molar-refractivity contribution is -0.137. The van der Waals surface area contributed by atoms with E-state index in [4.69, 9.17) is 14.2 Å². The molecule has 2 aromatic rings. The molecule has 8 nitrogen and oxygen atoms in total. The summed E-state index contributed by atoms with van der Waals surface area (Å²) in [5.41, 5.74) is 1.42. The second kappa shape index (κ2) is 10.7. The van der Waals surface area contributed by atoms with Gasteiger partial charge >= 0.3 is 0 Å². The number of anilines is 1. The van der Waals surface area contributed by atoms with Crippen LogP contribution < -0.4 is 14.8 Å². The van der Waals surface area contributed by atoms with Gasteiger partial charge in [0.25, 0.3) is 5.91 Å². The van der Waals surface area contributed by atoms with E-state index in [9.17, 15) is 9.59 Å². The normalized spacial score (nSPS) is 15.8. The van der Waals surface area contributed by atoms with Crippen molar-refractivity contribution in [2.45, 2.75) is 52.4 Å². The predicted octanol–water partition coefficient (Wildman–Crippen LogP) is 4.36. The van der Waals surface area contributed by atoms with Crippen molar-refractivity contribution in [1.29, 1.82) is 0 Å². The van der Waals surface area contributed by atoms with E-state index >= 15 is 0 Å². The van der Waals surface area contributed by atoms with E-state index in [2.05, 4.69) is 10.3 Å². The molecule has 1 aromatic heterocycles. The number of nitrogens with one attached hydrogen (secondary N) is 1. The highest BCUT2D eigenvalue weighted by molar-refractivity contribution is 5.97. The molecule has 0 fully saturated rings. The number of pyridine rings is 1. The minimum Gasteiger partial charge on any atom is -0.493 e. The monoisotopic (exact) mass is 467 g/mol. The molecule has 182 valence electrons. The number of aromatic nitrogens is 1. The third kappa shape index (κ3) is 5.56. The number of amides is 2. The number of carbonyl (C=O) groups is 2. The molecule has 2 amide bonds. The Labute approximate surface area is 200 Å². The van der Waals surface area contributed by atoms with Crippen LogP contribution in [-0.2, 0) is 20.9 Å². The number of fused-ring (bicyclic) bond motifs is 1. The molecule has 0 bridgehead atoms. The summed E-state index contributed by atoms with van der Waals surface area (Å²) in [5.74, 6) is 1.36. The highest BCUT2D eigenvalue weighted by Crippen LogP contribution is 2.37. The number of carbonyl (C=O) groups excluding carboxylic acids is 2. The Morgan fingerprint density at radius 3 is 2.85 bits per heavy atom. The Morgan fingerprint density at radius 2 is 2.15 bits per heavy atom. The van der Waals surface area contributed by atoms with Crippen LogP contribution in [-0.4, -0.2) is 48.1 Å². The van der Waals surface area contributed by atoms with Crippen LogP contribution in [0.15, 0.2) is 36.5 Å². The van der Waals surface area contributed by atoms with E-state index in [1.165, 1.54) is 6.08 Å². The van der Waals surface area contributed by atoms with Gasteiger partial charge in [0.2, 0.25) is 5.91 Å². The van der Waals surface area contributed by atoms with E-state index in [-0.39, 0.29) is 24.5 Å². The SMILES string of the molecule is CCCOc1c(OC)cccc1C(C)N(C)C(=O)/C=C/c1cnc2c(c1)COC(C)(C)C(=O)N2. The maximum atomic E-state index is 12.9. The van der Waals surface area contributed by atoms with Crippen LogP contribution in [0, 0.1) is 0 Å². The molecule has 34 heavy (non-hydrogen) atoms. The standard InChI is InChI=1S/C26H33N3O5/c1-7-13-33-23-20(9-8-10-21(23)32-6)17(2)29(5)22(30)12-11-18-14-19-16-34-26(3,4)25(31)28-24(19)27-15-18/h8-12,14-15,17H,7,13,16H2,1-6H3,(H,27,28,31)/b12-11+. The van der Waals surface area contributed by atoms with Gasteiger partial charge in [0.1, 0.15) is 11.4 Å². The van der Waals surface area contributed by atoms with Gasteiger partial charge in [-0.3, -0.25) is 9.59 Å². The number of para-hydroxylation sites is 1. The van der Waals surface area contributed by atoms with Crippen LogP contribution in [0.25, 0.3) is 6.08 Å². The lowest BCUT2D eigenvalue weighted by Crippen LogP contribution is -2.38. The molecule has 1 aliphatic rings. The Hall–Kier alpha value is -3.39. The first kappa shape index (κ1) is 25.2. The zero-order valence-electron chi connectivity index (χ0n) is 20.7. The van der Waals surface area contributed by atoms with Gasteiger partial charge in [0.15, 0.2) is 11.5 Å². The van der Waals surface area contributed by atoms with E-state index in [0.29, 0.717) is 23.9 Å². The second-order valence-electron chi connectivity index (χ2n) is 8.72. The van der Waals surface area contributed by atoms with Gasteiger partial charge in [0.05, 0.1) is 26.4 Å². The van der Waals surface area contributed by atoms with Crippen molar-refractivity contribution < 1.29 is 23.8 Å². The molecule has 1 unspecified atom stereocenters. The summed E-state index contributed by atoms with van der Waals surface area (Å²) in [6, 6.07) is 7.30. The first-order chi connectivity index (χ1) is 16.2. The van der Waals surface area contributed by atoms with Crippen molar-refractivity contribution >= 4 is 23.7 Å². The topological polar surface area (TPSA) is 90.0 Å². The van der Waals surface area contributed by atoms with E-state index in [0.717, 1.165) is 23.1 Å². The maximum Gasteiger partial charge on any atom is 0.257 e. The molecule has 0 saturated carbocycles. The summed E-state index contributed by atoms with van der Waals surface area (Å²) in [5, 5.41) is 2.79. The number of hydrogen-bond donors (Lipinski definition) is 1. The number of nitrogens with zero attached hydrogens (tertiary/aromatic N) is 2. The molecular formula is C26H33N3O5. The molecule has 3 rings (SSSR count). The highest BCUT2D eigenvalue weighted by Gasteiger charge is 2.32. The fourth-order valence-electron chi connectivity index (χ4n) is 3.49. The number of benzene rings is 1. The number of methoxy groups -OCH3 is 1. The molecule has 0 saturated heterocycles. The lowest BCUT2D eigenvalue weighted by Gasteiger charge is -2.26. The van der Waals surface area contributed by atoms with Gasteiger partial charge in [-0.05, 0) is 51.0 Å². The summed E-state index contributed by atoms with van der Waals surface area (Å²) in [7, 11) is 3.35. The van der Waals surface area contributed by atoms with Crippen molar-refractivity contribution in [3.05, 3.63) is 53.2 Å². The molecule has 1 aliphatic heterocycles. The van der Waals surface area contributed by atoms with Crippen LogP contribution in [0.1, 0.15) is 56.8 Å². The quantitative estimate of drug-likeness (QED) is 0.580. The van der Waals surface area contributed by atoms with Gasteiger partial charge in [-0.25, -0.2) is 4.98 Å². The largest absolute Gasteiger partial charge is 0.493 e. The number of hydrogen-bond acceptors (Lipinski definition) is 6. The third-order valence-electron chi connectivity index (χ3n) is 5.83. The third-order valence-corrected chi connectivity index (χ3v) is 5.83. The summed E-state index contributed by atoms with van der Waals surface area (Å²) < 4.78 is 17.1. The van der Waals surface area contributed by atoms with Gasteiger partial charge in [-0.2, -0.15) is 0 Å². The number of ether oxygens (including phenoxy) is 3. The number of likely N-dealkylation sites (N-methyl/N-ethyl adjacent to an activating group) is 1. The molecule has 0 aliphatic carbocycles. The zero-order valence-corrected chi connectivity index (χ0v) is 20.7. The van der Waals surface area contributed by atoms with Crippen molar-refractivity contribution in [2.75, 3.05) is 26.1 Å². The van der Waals surface area contributed by atoms with E-state index in [1.54, 1.807) is 45.2 Å². The molecule has 0 spiro atoms. The zero-order chi connectivity index (χ0) is 24.9. The summed E-state index contributed by atoms with van der Waals surface area (Å²) in [4.78, 5) is 31.2. The number of rotatable bonds is 8. The van der Waals surface area contributed by atoms with Crippen molar-refractivity contribution in [1.82, 2.24) is 9.88 Å². The highest BCUT2D eigenvalue weighted by atomic mass is 16.5. The summed E-state index contributed by atoms with van der Waals surface area (Å²) in [6.45, 7) is 8.22. The molecular weight excluding hydrogens is 434 g/mol. The average molecular weight is 468 g/mol. The van der Waals surface area contributed by atoms with Crippen LogP contribution in [0.2, 0.25) is 0 Å². The van der Waals surface area contributed by atoms with Crippen molar-refractivity contribution in [3.63, 3.8) is 0 Å². The minimum atomic E-state index is -0.939. The van der Waals surface area contributed by atoms with Crippen LogP contribution >= 0.6 is 0 Å². The Kier molecular flexibility index (Phi) is 7.94. The van der Waals surface area contributed by atoms with E-state index < -0.39 is 5.60 Å². The maximum absolute atomic E-state index is 12.9. The molecule has 1 aromatic carbocycles. The first-order valence-electron chi connectivity index (χ1n) is 11.4. The van der Waals surface area contributed by atoms with Gasteiger partial charge in [0, 0.05) is 30.4 Å².